The quantitative estimate of drug-likeness (QED) is 0.171. The third-order valence-corrected chi connectivity index (χ3v) is 13.0. The molecule has 0 atom stereocenters. The van der Waals surface area contributed by atoms with Gasteiger partial charge < -0.3 is 4.90 Å². The van der Waals surface area contributed by atoms with Gasteiger partial charge in [-0.3, -0.25) is 0 Å². The molecule has 0 bridgehead atoms. The predicted molar refractivity (Wildman–Crippen MR) is 237 cm³/mol. The first-order valence-corrected chi connectivity index (χ1v) is 19.9. The molecule has 0 fully saturated rings. The average Bonchev–Trinajstić information content (AvgIpc) is 3.73. The fraction of sp³-hybridized carbons (Fsp3) is 0.0566. The number of hydrogen-bond donors (Lipinski definition) is 0. The SMILES string of the molecule is CC1(C)c2ccccc2-c2c(N(c3ccc(-c4ccc5sc6ccccc6c5c4)cc3)c3ccc(-c4cccc5ccccc45)cc3)cc3ccccc3c21. The molecule has 1 aliphatic rings. The van der Waals surface area contributed by atoms with Crippen LogP contribution in [-0.2, 0) is 5.41 Å². The van der Waals surface area contributed by atoms with Gasteiger partial charge in [-0.1, -0.05) is 153 Å². The van der Waals surface area contributed by atoms with Crippen LogP contribution in [-0.4, -0.2) is 0 Å². The van der Waals surface area contributed by atoms with Crippen LogP contribution in [0.4, 0.5) is 17.1 Å². The van der Waals surface area contributed by atoms with Crippen molar-refractivity contribution in [2.24, 2.45) is 0 Å². The molecule has 55 heavy (non-hydrogen) atoms. The molecule has 0 saturated heterocycles. The Morgan fingerprint density at radius 2 is 1.00 bits per heavy atom. The molecule has 0 unspecified atom stereocenters. The maximum Gasteiger partial charge on any atom is 0.0549 e. The zero-order valence-electron chi connectivity index (χ0n) is 30.8. The fourth-order valence-corrected chi connectivity index (χ4v) is 10.3. The van der Waals surface area contributed by atoms with Crippen LogP contribution in [0.25, 0.3) is 75.1 Å². The van der Waals surface area contributed by atoms with Crippen LogP contribution in [0.2, 0.25) is 0 Å². The van der Waals surface area contributed by atoms with Gasteiger partial charge in [0, 0.05) is 42.5 Å². The molecule has 0 radical (unpaired) electrons. The molecule has 1 aromatic heterocycles. The standard InChI is InChI=1S/C53H37NS/c1-53(2)47-20-9-7-18-45(47)51-48(33-38-13-4-6-16-43(38)52(51)53)54(40-29-24-36(25-30-40)42-19-11-14-35-12-3-5-15-41(35)42)39-27-22-34(23-28-39)37-26-31-50-46(32-37)44-17-8-10-21-49(44)55-50/h3-33H,1-2H3. The summed E-state index contributed by atoms with van der Waals surface area (Å²) in [4.78, 5) is 2.48. The van der Waals surface area contributed by atoms with E-state index in [-0.39, 0.29) is 5.41 Å². The monoisotopic (exact) mass is 719 g/mol. The molecular weight excluding hydrogens is 683 g/mol. The van der Waals surface area contributed by atoms with Crippen LogP contribution in [0, 0.1) is 0 Å². The van der Waals surface area contributed by atoms with Gasteiger partial charge in [0.25, 0.3) is 0 Å². The molecule has 0 N–H and O–H groups in total. The molecule has 11 rings (SSSR count). The molecular formula is C53H37NS. The van der Waals surface area contributed by atoms with Crippen molar-refractivity contribution in [3.63, 3.8) is 0 Å². The summed E-state index contributed by atoms with van der Waals surface area (Å²) in [5, 5.41) is 7.74. The molecule has 1 aliphatic carbocycles. The number of benzene rings is 9. The van der Waals surface area contributed by atoms with E-state index in [4.69, 9.17) is 0 Å². The highest BCUT2D eigenvalue weighted by Crippen LogP contribution is 2.56. The van der Waals surface area contributed by atoms with Gasteiger partial charge in [-0.05, 0) is 109 Å². The van der Waals surface area contributed by atoms with Crippen LogP contribution in [0.3, 0.4) is 0 Å². The van der Waals surface area contributed by atoms with Crippen LogP contribution in [0.1, 0.15) is 25.0 Å². The van der Waals surface area contributed by atoms with Gasteiger partial charge in [0.15, 0.2) is 0 Å². The van der Waals surface area contributed by atoms with Gasteiger partial charge in [0.05, 0.1) is 5.69 Å². The Balaban J connectivity index is 1.11. The van der Waals surface area contributed by atoms with Crippen LogP contribution in [0.15, 0.2) is 188 Å². The van der Waals surface area contributed by atoms with E-state index in [1.807, 2.05) is 11.3 Å². The summed E-state index contributed by atoms with van der Waals surface area (Å²) in [6.07, 6.45) is 0. The lowest BCUT2D eigenvalue weighted by Crippen LogP contribution is -2.16. The highest BCUT2D eigenvalue weighted by molar-refractivity contribution is 7.25. The van der Waals surface area contributed by atoms with Crippen molar-refractivity contribution in [1.82, 2.24) is 0 Å². The summed E-state index contributed by atoms with van der Waals surface area (Å²) in [6, 6.07) is 69.6. The normalized spacial score (nSPS) is 13.1. The zero-order valence-corrected chi connectivity index (χ0v) is 31.6. The van der Waals surface area contributed by atoms with Crippen LogP contribution >= 0.6 is 11.3 Å². The lowest BCUT2D eigenvalue weighted by atomic mass is 9.80. The molecule has 1 nitrogen and oxygen atoms in total. The van der Waals surface area contributed by atoms with E-state index in [0.717, 1.165) is 11.4 Å². The largest absolute Gasteiger partial charge is 0.310 e. The minimum atomic E-state index is -0.153. The zero-order chi connectivity index (χ0) is 36.7. The van der Waals surface area contributed by atoms with E-state index in [2.05, 4.69) is 207 Å². The van der Waals surface area contributed by atoms with Crippen LogP contribution in [0.5, 0.6) is 0 Å². The molecule has 0 spiro atoms. The summed E-state index contributed by atoms with van der Waals surface area (Å²) < 4.78 is 2.66. The maximum absolute atomic E-state index is 2.48. The van der Waals surface area contributed by atoms with Gasteiger partial charge in [0.2, 0.25) is 0 Å². The first kappa shape index (κ1) is 32.0. The van der Waals surface area contributed by atoms with Gasteiger partial charge >= 0.3 is 0 Å². The lowest BCUT2D eigenvalue weighted by molar-refractivity contribution is 0.666. The highest BCUT2D eigenvalue weighted by atomic mass is 32.1. The van der Waals surface area contributed by atoms with Crippen molar-refractivity contribution in [3.8, 4) is 33.4 Å². The molecule has 0 amide bonds. The van der Waals surface area contributed by atoms with Gasteiger partial charge in [-0.2, -0.15) is 0 Å². The van der Waals surface area contributed by atoms with E-state index in [1.165, 1.54) is 91.9 Å². The van der Waals surface area contributed by atoms with Crippen molar-refractivity contribution in [3.05, 3.63) is 199 Å². The third-order valence-electron chi connectivity index (χ3n) is 11.8. The molecule has 1 heterocycles. The summed E-state index contributed by atoms with van der Waals surface area (Å²) in [6.45, 7) is 4.78. The number of thiophene rings is 1. The Labute approximate surface area is 325 Å². The second-order valence-corrected chi connectivity index (χ2v) is 16.4. The van der Waals surface area contributed by atoms with Crippen molar-refractivity contribution < 1.29 is 0 Å². The minimum absolute atomic E-state index is 0.153. The van der Waals surface area contributed by atoms with Gasteiger partial charge in [-0.25, -0.2) is 0 Å². The molecule has 10 aromatic rings. The predicted octanol–water partition coefficient (Wildman–Crippen LogP) is 15.5. The topological polar surface area (TPSA) is 3.24 Å². The Morgan fingerprint density at radius 3 is 1.80 bits per heavy atom. The number of rotatable bonds is 5. The first-order valence-electron chi connectivity index (χ1n) is 19.1. The van der Waals surface area contributed by atoms with Crippen molar-refractivity contribution in [2.75, 3.05) is 4.90 Å². The van der Waals surface area contributed by atoms with Crippen LogP contribution < -0.4 is 4.90 Å². The molecule has 9 aromatic carbocycles. The van der Waals surface area contributed by atoms with E-state index < -0.39 is 0 Å². The lowest BCUT2D eigenvalue weighted by Gasteiger charge is -2.30. The highest BCUT2D eigenvalue weighted by Gasteiger charge is 2.39. The van der Waals surface area contributed by atoms with E-state index in [9.17, 15) is 0 Å². The Kier molecular flexibility index (Phi) is 7.14. The summed E-state index contributed by atoms with van der Waals surface area (Å²) >= 11 is 1.87. The summed E-state index contributed by atoms with van der Waals surface area (Å²) in [7, 11) is 0. The van der Waals surface area contributed by atoms with E-state index in [1.54, 1.807) is 0 Å². The second kappa shape index (κ2) is 12.3. The Morgan fingerprint density at radius 1 is 0.418 bits per heavy atom. The Bertz CT molecular complexity index is 3110. The minimum Gasteiger partial charge on any atom is -0.310 e. The number of anilines is 3. The molecule has 0 saturated carbocycles. The second-order valence-electron chi connectivity index (χ2n) is 15.3. The third kappa shape index (κ3) is 4.99. The van der Waals surface area contributed by atoms with Gasteiger partial charge in [0.1, 0.15) is 0 Å². The van der Waals surface area contributed by atoms with Crippen molar-refractivity contribution in [2.45, 2.75) is 19.3 Å². The molecule has 260 valence electrons. The smallest absolute Gasteiger partial charge is 0.0549 e. The summed E-state index contributed by atoms with van der Waals surface area (Å²) in [5.74, 6) is 0. The van der Waals surface area contributed by atoms with Crippen molar-refractivity contribution in [1.29, 1.82) is 0 Å². The number of nitrogens with zero attached hydrogens (tertiary/aromatic N) is 1. The van der Waals surface area contributed by atoms with Gasteiger partial charge in [-0.15, -0.1) is 11.3 Å². The molecule has 0 aliphatic heterocycles. The molecule has 2 heteroatoms. The summed E-state index contributed by atoms with van der Waals surface area (Å²) in [5.41, 5.74) is 13.6. The first-order chi connectivity index (χ1) is 27.0. The fourth-order valence-electron chi connectivity index (χ4n) is 9.21. The van der Waals surface area contributed by atoms with E-state index >= 15 is 0 Å². The average molecular weight is 720 g/mol. The maximum atomic E-state index is 2.48. The number of fused-ring (bicyclic) bond motifs is 9. The van der Waals surface area contributed by atoms with Crippen molar-refractivity contribution >= 4 is 70.1 Å². The Hall–Kier alpha value is -6.48. The van der Waals surface area contributed by atoms with E-state index in [0.29, 0.717) is 0 Å². The number of hydrogen-bond acceptors (Lipinski definition) is 2.